The first kappa shape index (κ1) is 21.6. The van der Waals surface area contributed by atoms with Crippen LogP contribution >= 0.6 is 0 Å². The number of carbonyl (C=O) groups excluding carboxylic acids is 2. The molecule has 33 heavy (non-hydrogen) atoms. The van der Waals surface area contributed by atoms with Crippen molar-refractivity contribution in [3.05, 3.63) is 59.5 Å². The van der Waals surface area contributed by atoms with Crippen molar-refractivity contribution in [1.29, 1.82) is 0 Å². The maximum absolute atomic E-state index is 12.7. The van der Waals surface area contributed by atoms with Gasteiger partial charge in [-0.05, 0) is 50.5 Å². The number of nitrogens with zero attached hydrogens (tertiary/aromatic N) is 5. The first-order valence-corrected chi connectivity index (χ1v) is 10.0. The molecule has 10 heteroatoms. The molecule has 3 aromatic heterocycles. The highest BCUT2D eigenvalue weighted by molar-refractivity contribution is 6.04. The Morgan fingerprint density at radius 1 is 1.06 bits per heavy atom. The number of aromatic nitrogens is 5. The van der Waals surface area contributed by atoms with Gasteiger partial charge in [-0.3, -0.25) is 19.6 Å². The number of hydrogen-bond acceptors (Lipinski definition) is 6. The Balaban J connectivity index is 1.52. The molecule has 3 heterocycles. The minimum Gasteiger partial charge on any atom is -0.438 e. The molecular formula is C23H21N7O3. The van der Waals surface area contributed by atoms with Gasteiger partial charge in [0.1, 0.15) is 11.4 Å². The van der Waals surface area contributed by atoms with E-state index in [0.29, 0.717) is 34.5 Å². The minimum atomic E-state index is -0.451. The van der Waals surface area contributed by atoms with Crippen LogP contribution in [0.4, 0.5) is 11.5 Å². The maximum atomic E-state index is 12.7. The van der Waals surface area contributed by atoms with Crippen molar-refractivity contribution >= 4 is 29.0 Å². The lowest BCUT2D eigenvalue weighted by Gasteiger charge is -2.11. The van der Waals surface area contributed by atoms with E-state index in [-0.39, 0.29) is 5.91 Å². The summed E-state index contributed by atoms with van der Waals surface area (Å²) in [6.45, 7) is 5.30. The number of amides is 2. The summed E-state index contributed by atoms with van der Waals surface area (Å²) in [5.74, 6) is 5.35. The van der Waals surface area contributed by atoms with Crippen LogP contribution in [0.1, 0.15) is 28.7 Å². The Labute approximate surface area is 189 Å². The van der Waals surface area contributed by atoms with Crippen LogP contribution in [0, 0.1) is 25.7 Å². The molecule has 0 aliphatic heterocycles. The van der Waals surface area contributed by atoms with E-state index in [0.717, 1.165) is 11.3 Å². The normalized spacial score (nSPS) is 10.4. The van der Waals surface area contributed by atoms with Crippen LogP contribution in [-0.2, 0) is 11.8 Å². The van der Waals surface area contributed by atoms with E-state index >= 15 is 0 Å². The fraction of sp³-hybridized carbons (Fsp3) is 0.174. The average molecular weight is 443 g/mol. The van der Waals surface area contributed by atoms with Crippen molar-refractivity contribution < 1.29 is 14.3 Å². The average Bonchev–Trinajstić information content (AvgIpc) is 3.31. The summed E-state index contributed by atoms with van der Waals surface area (Å²) >= 11 is 0. The van der Waals surface area contributed by atoms with E-state index in [1.54, 1.807) is 50.5 Å². The van der Waals surface area contributed by atoms with Crippen LogP contribution in [0.15, 0.2) is 42.6 Å². The predicted octanol–water partition coefficient (Wildman–Crippen LogP) is 3.09. The SMILES string of the molecule is CC#CC(=O)Nc1cn2nc(Oc3ccc(C)c(NC(=O)c4cc(C)nn4C)c3)ccc2n1. The first-order chi connectivity index (χ1) is 15.8. The monoisotopic (exact) mass is 443 g/mol. The van der Waals surface area contributed by atoms with Crippen LogP contribution in [-0.4, -0.2) is 36.2 Å². The van der Waals surface area contributed by atoms with Gasteiger partial charge in [-0.1, -0.05) is 12.0 Å². The highest BCUT2D eigenvalue weighted by atomic mass is 16.5. The second-order valence-corrected chi connectivity index (χ2v) is 7.26. The molecule has 0 bridgehead atoms. The van der Waals surface area contributed by atoms with Crippen LogP contribution in [0.25, 0.3) is 5.65 Å². The Morgan fingerprint density at radius 3 is 2.61 bits per heavy atom. The summed E-state index contributed by atoms with van der Waals surface area (Å²) < 4.78 is 8.92. The van der Waals surface area contributed by atoms with Crippen LogP contribution in [0.3, 0.4) is 0 Å². The molecule has 1 aromatic carbocycles. The minimum absolute atomic E-state index is 0.265. The van der Waals surface area contributed by atoms with Crippen molar-refractivity contribution in [2.75, 3.05) is 10.6 Å². The van der Waals surface area contributed by atoms with E-state index in [4.69, 9.17) is 4.74 Å². The van der Waals surface area contributed by atoms with Crippen molar-refractivity contribution in [1.82, 2.24) is 24.4 Å². The first-order valence-electron chi connectivity index (χ1n) is 10.0. The van der Waals surface area contributed by atoms with Gasteiger partial charge >= 0.3 is 5.91 Å². The second kappa shape index (κ2) is 8.84. The summed E-state index contributed by atoms with van der Waals surface area (Å²) in [6, 6.07) is 10.5. The lowest BCUT2D eigenvalue weighted by molar-refractivity contribution is -0.111. The molecule has 0 atom stereocenters. The Kier molecular flexibility index (Phi) is 5.78. The molecule has 0 saturated heterocycles. The molecule has 4 aromatic rings. The summed E-state index contributed by atoms with van der Waals surface area (Å²) in [7, 11) is 1.72. The third-order valence-corrected chi connectivity index (χ3v) is 4.69. The number of nitrogens with one attached hydrogen (secondary N) is 2. The highest BCUT2D eigenvalue weighted by Crippen LogP contribution is 2.26. The van der Waals surface area contributed by atoms with Gasteiger partial charge in [0.05, 0.1) is 11.9 Å². The quantitative estimate of drug-likeness (QED) is 0.458. The lowest BCUT2D eigenvalue weighted by atomic mass is 10.2. The van der Waals surface area contributed by atoms with Gasteiger partial charge in [0.2, 0.25) is 5.88 Å². The van der Waals surface area contributed by atoms with Gasteiger partial charge in [0.25, 0.3) is 5.91 Å². The molecule has 0 aliphatic rings. The smallest absolute Gasteiger partial charge is 0.301 e. The standard InChI is InChI=1S/C23H21N7O3/c1-5-6-21(31)26-19-13-30-20(25-19)9-10-22(28-30)33-16-8-7-14(2)17(12-16)24-23(32)18-11-15(3)27-29(18)4/h7-13H,1-4H3,(H,24,32)(H,26,31). The zero-order valence-corrected chi connectivity index (χ0v) is 18.5. The zero-order chi connectivity index (χ0) is 23.5. The molecule has 0 saturated carbocycles. The molecule has 4 rings (SSSR count). The lowest BCUT2D eigenvalue weighted by Crippen LogP contribution is -2.16. The molecule has 0 unspecified atom stereocenters. The van der Waals surface area contributed by atoms with Crippen LogP contribution in [0.5, 0.6) is 11.6 Å². The van der Waals surface area contributed by atoms with Gasteiger partial charge in [0, 0.05) is 24.9 Å². The van der Waals surface area contributed by atoms with Crippen molar-refractivity contribution in [3.8, 4) is 23.5 Å². The fourth-order valence-electron chi connectivity index (χ4n) is 3.17. The van der Waals surface area contributed by atoms with Gasteiger partial charge in [-0.2, -0.15) is 5.10 Å². The molecule has 10 nitrogen and oxygen atoms in total. The highest BCUT2D eigenvalue weighted by Gasteiger charge is 2.14. The predicted molar refractivity (Wildman–Crippen MR) is 122 cm³/mol. The van der Waals surface area contributed by atoms with E-state index in [2.05, 4.69) is 37.7 Å². The Hall–Kier alpha value is -4.65. The van der Waals surface area contributed by atoms with E-state index in [1.165, 1.54) is 9.20 Å². The third kappa shape index (κ3) is 4.83. The number of carbonyl (C=O) groups is 2. The number of fused-ring (bicyclic) bond motifs is 1. The maximum Gasteiger partial charge on any atom is 0.301 e. The second-order valence-electron chi connectivity index (χ2n) is 7.26. The number of imidazole rings is 1. The van der Waals surface area contributed by atoms with E-state index in [9.17, 15) is 9.59 Å². The third-order valence-electron chi connectivity index (χ3n) is 4.69. The fourth-order valence-corrected chi connectivity index (χ4v) is 3.17. The van der Waals surface area contributed by atoms with Gasteiger partial charge < -0.3 is 10.1 Å². The molecule has 2 amide bonds. The zero-order valence-electron chi connectivity index (χ0n) is 18.5. The summed E-state index contributed by atoms with van der Waals surface area (Å²) in [6.07, 6.45) is 1.56. The van der Waals surface area contributed by atoms with Crippen molar-refractivity contribution in [2.45, 2.75) is 20.8 Å². The largest absolute Gasteiger partial charge is 0.438 e. The summed E-state index contributed by atoms with van der Waals surface area (Å²) in [5, 5.41) is 14.1. The van der Waals surface area contributed by atoms with E-state index in [1.807, 2.05) is 19.9 Å². The topological polar surface area (TPSA) is 115 Å². The molecule has 2 N–H and O–H groups in total. The van der Waals surface area contributed by atoms with E-state index < -0.39 is 5.91 Å². The Bertz CT molecular complexity index is 1440. The molecule has 0 spiro atoms. The van der Waals surface area contributed by atoms with Gasteiger partial charge in [0.15, 0.2) is 11.5 Å². The van der Waals surface area contributed by atoms with Crippen LogP contribution < -0.4 is 15.4 Å². The Morgan fingerprint density at radius 2 is 1.88 bits per heavy atom. The van der Waals surface area contributed by atoms with Gasteiger partial charge in [-0.15, -0.1) is 5.10 Å². The van der Waals surface area contributed by atoms with Crippen molar-refractivity contribution in [2.24, 2.45) is 7.05 Å². The molecule has 166 valence electrons. The van der Waals surface area contributed by atoms with Crippen molar-refractivity contribution in [3.63, 3.8) is 0 Å². The number of rotatable bonds is 5. The molecular weight excluding hydrogens is 422 g/mol. The summed E-state index contributed by atoms with van der Waals surface area (Å²) in [4.78, 5) is 28.6. The van der Waals surface area contributed by atoms with Crippen LogP contribution in [0.2, 0.25) is 0 Å². The van der Waals surface area contributed by atoms with Gasteiger partial charge in [-0.25, -0.2) is 9.50 Å². The number of anilines is 2. The molecule has 0 fully saturated rings. The number of hydrogen-bond donors (Lipinski definition) is 2. The number of ether oxygens (including phenoxy) is 1. The molecule has 0 radical (unpaired) electrons. The number of aryl methyl sites for hydroxylation is 3. The number of benzene rings is 1. The molecule has 0 aliphatic carbocycles. The summed E-state index contributed by atoms with van der Waals surface area (Å²) in [5.41, 5.74) is 3.24.